The maximum Gasteiger partial charge on any atom is 0.244 e. The van der Waals surface area contributed by atoms with Crippen LogP contribution in [-0.2, 0) is 4.79 Å². The first-order valence-electron chi connectivity index (χ1n) is 7.40. The molecule has 0 unspecified atom stereocenters. The normalized spacial score (nSPS) is 19.0. The molecule has 0 radical (unpaired) electrons. The molecule has 1 aromatic carbocycles. The van der Waals surface area contributed by atoms with Crippen molar-refractivity contribution in [3.8, 4) is 5.75 Å². The predicted molar refractivity (Wildman–Crippen MR) is 83.2 cm³/mol. The second-order valence-corrected chi connectivity index (χ2v) is 5.39. The van der Waals surface area contributed by atoms with Gasteiger partial charge in [-0.05, 0) is 17.7 Å². The van der Waals surface area contributed by atoms with E-state index in [4.69, 9.17) is 10.5 Å². The maximum atomic E-state index is 12.5. The molecule has 1 saturated heterocycles. The number of ether oxygens (including phenoxy) is 1. The van der Waals surface area contributed by atoms with Crippen molar-refractivity contribution in [1.82, 2.24) is 9.88 Å². The van der Waals surface area contributed by atoms with Crippen LogP contribution in [0, 0.1) is 0 Å². The molecule has 0 bridgehead atoms. The van der Waals surface area contributed by atoms with Gasteiger partial charge in [-0.15, -0.1) is 0 Å². The van der Waals surface area contributed by atoms with E-state index in [1.54, 1.807) is 17.3 Å². The first-order valence-corrected chi connectivity index (χ1v) is 7.40. The van der Waals surface area contributed by atoms with Crippen LogP contribution in [0.2, 0.25) is 0 Å². The van der Waals surface area contributed by atoms with Gasteiger partial charge in [0.1, 0.15) is 17.9 Å². The van der Waals surface area contributed by atoms with Crippen molar-refractivity contribution in [3.63, 3.8) is 0 Å². The van der Waals surface area contributed by atoms with Gasteiger partial charge in [0, 0.05) is 19.2 Å². The Balaban J connectivity index is 1.59. The van der Waals surface area contributed by atoms with E-state index in [1.165, 1.54) is 0 Å². The predicted octanol–water partition coefficient (Wildman–Crippen LogP) is 1.76. The number of rotatable bonds is 4. The summed E-state index contributed by atoms with van der Waals surface area (Å²) in [7, 11) is 0. The lowest BCUT2D eigenvalue weighted by molar-refractivity contribution is -0.131. The van der Waals surface area contributed by atoms with Crippen LogP contribution >= 0.6 is 0 Å². The highest BCUT2D eigenvalue weighted by atomic mass is 16.5. The molecule has 114 valence electrons. The molecule has 2 aromatic rings. The van der Waals surface area contributed by atoms with Crippen molar-refractivity contribution in [2.45, 2.75) is 18.6 Å². The second kappa shape index (κ2) is 6.58. The molecule has 2 N–H and O–H groups in total. The van der Waals surface area contributed by atoms with E-state index in [9.17, 15) is 4.79 Å². The maximum absolute atomic E-state index is 12.5. The van der Waals surface area contributed by atoms with E-state index in [0.717, 1.165) is 17.7 Å². The Morgan fingerprint density at radius 1 is 1.27 bits per heavy atom. The molecule has 1 aliphatic heterocycles. The topological polar surface area (TPSA) is 68.5 Å². The molecule has 0 saturated carbocycles. The fourth-order valence-corrected chi connectivity index (χ4v) is 2.63. The zero-order chi connectivity index (χ0) is 15.4. The highest BCUT2D eigenvalue weighted by Gasteiger charge is 2.30. The Hall–Kier alpha value is -2.40. The number of hydrogen-bond donors (Lipinski definition) is 1. The number of likely N-dealkylation sites (tertiary alicyclic amines) is 1. The van der Waals surface area contributed by atoms with E-state index in [0.29, 0.717) is 13.1 Å². The van der Waals surface area contributed by atoms with E-state index >= 15 is 0 Å². The number of carbonyl (C=O) groups excluding carboxylic acids is 1. The van der Waals surface area contributed by atoms with Crippen molar-refractivity contribution in [2.24, 2.45) is 5.73 Å². The fraction of sp³-hybridized carbons (Fsp3) is 0.294. The highest BCUT2D eigenvalue weighted by Crippen LogP contribution is 2.20. The Labute approximate surface area is 129 Å². The lowest BCUT2D eigenvalue weighted by Crippen LogP contribution is -2.38. The molecular weight excluding hydrogens is 278 g/mol. The Morgan fingerprint density at radius 3 is 2.82 bits per heavy atom. The average Bonchev–Trinajstić information content (AvgIpc) is 3.04. The van der Waals surface area contributed by atoms with Crippen molar-refractivity contribution >= 4 is 5.91 Å². The quantitative estimate of drug-likeness (QED) is 0.933. The Morgan fingerprint density at radius 2 is 2.09 bits per heavy atom. The fourth-order valence-electron chi connectivity index (χ4n) is 2.63. The molecule has 3 rings (SSSR count). The minimum atomic E-state index is -0.613. The van der Waals surface area contributed by atoms with Crippen LogP contribution < -0.4 is 10.5 Å². The van der Waals surface area contributed by atoms with Crippen LogP contribution in [-0.4, -0.2) is 35.0 Å². The number of aromatic nitrogens is 1. The molecule has 0 spiro atoms. The summed E-state index contributed by atoms with van der Waals surface area (Å²) in [5.41, 5.74) is 6.91. The van der Waals surface area contributed by atoms with Crippen LogP contribution in [0.1, 0.15) is 18.0 Å². The standard InChI is InChI=1S/C17H19N3O2/c18-16(13-5-2-1-3-6-13)17(21)20-10-8-15(12-20)22-14-7-4-9-19-11-14/h1-7,9,11,15-16H,8,10,12,18H2/t15-,16+/m0/s1. The van der Waals surface area contributed by atoms with Crippen LogP contribution in [0.25, 0.3) is 0 Å². The molecular formula is C17H19N3O2. The van der Waals surface area contributed by atoms with Crippen molar-refractivity contribution in [2.75, 3.05) is 13.1 Å². The smallest absolute Gasteiger partial charge is 0.244 e. The van der Waals surface area contributed by atoms with Gasteiger partial charge in [0.2, 0.25) is 5.91 Å². The number of hydrogen-bond acceptors (Lipinski definition) is 4. The summed E-state index contributed by atoms with van der Waals surface area (Å²) < 4.78 is 5.84. The number of pyridine rings is 1. The molecule has 1 amide bonds. The van der Waals surface area contributed by atoms with E-state index in [2.05, 4.69) is 4.98 Å². The SMILES string of the molecule is N[C@@H](C(=O)N1CC[C@H](Oc2cccnc2)C1)c1ccccc1. The number of amides is 1. The lowest BCUT2D eigenvalue weighted by Gasteiger charge is -2.21. The molecule has 5 nitrogen and oxygen atoms in total. The average molecular weight is 297 g/mol. The van der Waals surface area contributed by atoms with Crippen LogP contribution in [0.4, 0.5) is 0 Å². The summed E-state index contributed by atoms with van der Waals surface area (Å²) in [5, 5.41) is 0. The van der Waals surface area contributed by atoms with Gasteiger partial charge in [0.05, 0.1) is 12.7 Å². The minimum Gasteiger partial charge on any atom is -0.487 e. The van der Waals surface area contributed by atoms with Crippen molar-refractivity contribution in [1.29, 1.82) is 0 Å². The van der Waals surface area contributed by atoms with Gasteiger partial charge in [0.25, 0.3) is 0 Å². The molecule has 2 atom stereocenters. The molecule has 1 fully saturated rings. The molecule has 1 aliphatic rings. The van der Waals surface area contributed by atoms with Crippen LogP contribution in [0.15, 0.2) is 54.9 Å². The van der Waals surface area contributed by atoms with Gasteiger partial charge in [-0.25, -0.2) is 0 Å². The van der Waals surface area contributed by atoms with Gasteiger partial charge in [0.15, 0.2) is 0 Å². The van der Waals surface area contributed by atoms with E-state index < -0.39 is 6.04 Å². The summed E-state index contributed by atoms with van der Waals surface area (Å²) in [6.45, 7) is 1.23. The third-order valence-electron chi connectivity index (χ3n) is 3.82. The molecule has 0 aliphatic carbocycles. The minimum absolute atomic E-state index is 0.00359. The summed E-state index contributed by atoms with van der Waals surface area (Å²) in [5.74, 6) is 0.678. The van der Waals surface area contributed by atoms with Crippen molar-refractivity contribution < 1.29 is 9.53 Å². The van der Waals surface area contributed by atoms with Gasteiger partial charge in [-0.1, -0.05) is 30.3 Å². The number of nitrogens with zero attached hydrogens (tertiary/aromatic N) is 2. The van der Waals surface area contributed by atoms with E-state index in [-0.39, 0.29) is 12.0 Å². The summed E-state index contributed by atoms with van der Waals surface area (Å²) in [6, 6.07) is 12.5. The van der Waals surface area contributed by atoms with Crippen LogP contribution in [0.3, 0.4) is 0 Å². The first kappa shape index (κ1) is 14.5. The lowest BCUT2D eigenvalue weighted by atomic mass is 10.1. The molecule has 5 heteroatoms. The second-order valence-electron chi connectivity index (χ2n) is 5.39. The zero-order valence-corrected chi connectivity index (χ0v) is 12.3. The molecule has 2 heterocycles. The summed E-state index contributed by atoms with van der Waals surface area (Å²) in [4.78, 5) is 18.3. The monoisotopic (exact) mass is 297 g/mol. The third kappa shape index (κ3) is 3.26. The number of benzene rings is 1. The van der Waals surface area contributed by atoms with Gasteiger partial charge in [-0.3, -0.25) is 9.78 Å². The number of nitrogens with two attached hydrogens (primary N) is 1. The molecule has 1 aromatic heterocycles. The number of carbonyl (C=O) groups is 1. The van der Waals surface area contributed by atoms with Gasteiger partial charge >= 0.3 is 0 Å². The van der Waals surface area contributed by atoms with Crippen LogP contribution in [0.5, 0.6) is 5.75 Å². The van der Waals surface area contributed by atoms with Crippen molar-refractivity contribution in [3.05, 3.63) is 60.4 Å². The third-order valence-corrected chi connectivity index (χ3v) is 3.82. The largest absolute Gasteiger partial charge is 0.487 e. The first-order chi connectivity index (χ1) is 10.7. The van der Waals surface area contributed by atoms with E-state index in [1.807, 2.05) is 42.5 Å². The Bertz CT molecular complexity index is 618. The molecule has 22 heavy (non-hydrogen) atoms. The summed E-state index contributed by atoms with van der Waals surface area (Å²) in [6.07, 6.45) is 4.19. The summed E-state index contributed by atoms with van der Waals surface area (Å²) >= 11 is 0. The highest BCUT2D eigenvalue weighted by molar-refractivity contribution is 5.83. The van der Waals surface area contributed by atoms with Gasteiger partial charge in [-0.2, -0.15) is 0 Å². The zero-order valence-electron chi connectivity index (χ0n) is 12.3. The Kier molecular flexibility index (Phi) is 4.34. The van der Waals surface area contributed by atoms with Gasteiger partial charge < -0.3 is 15.4 Å².